The molecule has 39 heavy (non-hydrogen) atoms. The van der Waals surface area contributed by atoms with E-state index < -0.39 is 10.0 Å². The molecule has 5 aliphatic rings. The summed E-state index contributed by atoms with van der Waals surface area (Å²) in [4.78, 5) is 19.3. The van der Waals surface area contributed by atoms with Gasteiger partial charge in [0.05, 0.1) is 37.3 Å². The summed E-state index contributed by atoms with van der Waals surface area (Å²) >= 11 is 0. The molecule has 1 aromatic rings. The van der Waals surface area contributed by atoms with Crippen LogP contribution in [0.1, 0.15) is 55.6 Å². The number of carbonyl (C=O) groups excluding carboxylic acids is 1. The fraction of sp³-hybridized carbons (Fsp3) is 0.621. The highest BCUT2D eigenvalue weighted by atomic mass is 32.2. The molecule has 1 amide bonds. The van der Waals surface area contributed by atoms with E-state index >= 15 is 0 Å². The average Bonchev–Trinajstić information content (AvgIpc) is 3.86. The van der Waals surface area contributed by atoms with Crippen molar-refractivity contribution in [1.82, 2.24) is 14.1 Å². The lowest BCUT2D eigenvalue weighted by atomic mass is 9.97. The van der Waals surface area contributed by atoms with Gasteiger partial charge in [-0.15, -0.1) is 0 Å². The molecule has 2 aliphatic heterocycles. The van der Waals surface area contributed by atoms with Gasteiger partial charge in [0.25, 0.3) is 15.9 Å². The highest BCUT2D eigenvalue weighted by Crippen LogP contribution is 2.54. The minimum atomic E-state index is -3.70. The van der Waals surface area contributed by atoms with Crippen LogP contribution in [0.5, 0.6) is 5.75 Å². The molecule has 9 nitrogen and oxygen atoms in total. The topological polar surface area (TPSA) is 83.8 Å². The summed E-state index contributed by atoms with van der Waals surface area (Å²) in [5.41, 5.74) is 2.59. The van der Waals surface area contributed by atoms with Gasteiger partial charge < -0.3 is 19.3 Å². The number of fused-ring (bicyclic) bond motifs is 3. The minimum Gasteiger partial charge on any atom is -0.497 e. The molecule has 212 valence electrons. The van der Waals surface area contributed by atoms with Crippen LogP contribution in [0, 0.1) is 6.92 Å². The Kier molecular flexibility index (Phi) is 7.14. The van der Waals surface area contributed by atoms with Crippen molar-refractivity contribution < 1.29 is 27.6 Å². The van der Waals surface area contributed by atoms with E-state index in [0.29, 0.717) is 22.3 Å². The number of nitrogens with one attached hydrogen (secondary N) is 1. The first-order chi connectivity index (χ1) is 18.8. The van der Waals surface area contributed by atoms with Crippen LogP contribution in [0.3, 0.4) is 0 Å². The van der Waals surface area contributed by atoms with Crippen molar-refractivity contribution in [3.05, 3.63) is 47.5 Å². The fourth-order valence-electron chi connectivity index (χ4n) is 6.75. The number of allylic oxidation sites excluding steroid dienone is 1. The smallest absolute Gasteiger partial charge is 0.264 e. The maximum Gasteiger partial charge on any atom is 0.264 e. The zero-order chi connectivity index (χ0) is 27.3. The normalized spacial score (nSPS) is 28.4. The quantitative estimate of drug-likeness (QED) is 0.489. The van der Waals surface area contributed by atoms with Crippen molar-refractivity contribution in [2.45, 2.75) is 74.4 Å². The Hall–Kier alpha value is -2.56. The van der Waals surface area contributed by atoms with Gasteiger partial charge >= 0.3 is 0 Å². The standard InChI is InChI=1S/C29H40N4O5S/c1-20-15-24(37-3)17-26-25-18-27(25)33(39(35,36)29(20)26)13-14-38-19-28(34)30(2)22-5-4-6-23(16-22)32-11-9-31(10-12-32)21-7-8-21/h13-17,21,23,25,27H,4-12,18-19H2,1-3H3/p+1. The fourth-order valence-corrected chi connectivity index (χ4v) is 8.74. The van der Waals surface area contributed by atoms with Crippen LogP contribution in [0.25, 0.3) is 0 Å². The van der Waals surface area contributed by atoms with Crippen LogP contribution in [0.2, 0.25) is 0 Å². The molecule has 3 unspecified atom stereocenters. The van der Waals surface area contributed by atoms with E-state index in [2.05, 4.69) is 11.0 Å². The lowest BCUT2D eigenvalue weighted by molar-refractivity contribution is -0.923. The Morgan fingerprint density at radius 2 is 1.97 bits per heavy atom. The van der Waals surface area contributed by atoms with Crippen LogP contribution in [0.4, 0.5) is 0 Å². The molecule has 3 aliphatic carbocycles. The van der Waals surface area contributed by atoms with Gasteiger partial charge in [0, 0.05) is 44.2 Å². The monoisotopic (exact) mass is 557 g/mol. The van der Waals surface area contributed by atoms with Gasteiger partial charge in [-0.25, -0.2) is 8.42 Å². The number of aryl methyl sites for hydroxylation is 1. The number of nitrogens with zero attached hydrogens (tertiary/aromatic N) is 3. The molecule has 2 heterocycles. The van der Waals surface area contributed by atoms with Crippen molar-refractivity contribution in [3.8, 4) is 5.75 Å². The average molecular weight is 558 g/mol. The Labute approximate surface area is 232 Å². The molecule has 0 spiro atoms. The molecule has 1 saturated heterocycles. The van der Waals surface area contributed by atoms with Crippen LogP contribution < -0.4 is 9.64 Å². The van der Waals surface area contributed by atoms with Gasteiger partial charge in [-0.2, -0.15) is 0 Å². The summed E-state index contributed by atoms with van der Waals surface area (Å²) in [6, 6.07) is 4.79. The van der Waals surface area contributed by atoms with E-state index in [1.54, 1.807) is 29.9 Å². The van der Waals surface area contributed by atoms with Crippen LogP contribution in [0.15, 0.2) is 41.3 Å². The number of hydrogen-bond acceptors (Lipinski definition) is 6. The second kappa shape index (κ2) is 10.4. The summed E-state index contributed by atoms with van der Waals surface area (Å²) in [5.74, 6) is 0.706. The van der Waals surface area contributed by atoms with E-state index in [9.17, 15) is 13.2 Å². The van der Waals surface area contributed by atoms with Gasteiger partial charge in [-0.3, -0.25) is 14.0 Å². The third-order valence-corrected chi connectivity index (χ3v) is 11.2. The largest absolute Gasteiger partial charge is 0.497 e. The zero-order valence-corrected chi connectivity index (χ0v) is 24.1. The van der Waals surface area contributed by atoms with Crippen molar-refractivity contribution in [1.29, 1.82) is 0 Å². The van der Waals surface area contributed by atoms with Crippen molar-refractivity contribution in [2.24, 2.45) is 0 Å². The number of quaternary nitrogens is 1. The molecule has 2 saturated carbocycles. The van der Waals surface area contributed by atoms with E-state index in [4.69, 9.17) is 9.47 Å². The summed E-state index contributed by atoms with van der Waals surface area (Å²) < 4.78 is 39.1. The summed E-state index contributed by atoms with van der Waals surface area (Å²) in [6.07, 6.45) is 11.8. The number of hydrogen-bond donors (Lipinski definition) is 1. The first kappa shape index (κ1) is 26.7. The number of rotatable bonds is 8. The molecular weight excluding hydrogens is 516 g/mol. The SMILES string of the molecule is COc1cc(C)c2c(c1)C1CC1N(C=COCC(=O)N(C)C1=CC([NH+]3CCN(C4CC4)CC3)CCC1)S2(=O)=O. The lowest BCUT2D eigenvalue weighted by Crippen LogP contribution is -3.18. The van der Waals surface area contributed by atoms with Crippen LogP contribution in [-0.4, -0.2) is 93.5 Å². The summed E-state index contributed by atoms with van der Waals surface area (Å²) in [7, 11) is -0.287. The number of methoxy groups -OCH3 is 1. The predicted octanol–water partition coefficient (Wildman–Crippen LogP) is 1.61. The summed E-state index contributed by atoms with van der Waals surface area (Å²) in [6.45, 7) is 6.39. The third-order valence-electron chi connectivity index (χ3n) is 9.22. The zero-order valence-electron chi connectivity index (χ0n) is 23.3. The van der Waals surface area contributed by atoms with Gasteiger partial charge in [0.15, 0.2) is 6.61 Å². The van der Waals surface area contributed by atoms with Gasteiger partial charge in [-0.1, -0.05) is 0 Å². The highest BCUT2D eigenvalue weighted by Gasteiger charge is 2.53. The second-order valence-electron chi connectivity index (χ2n) is 11.7. The number of ether oxygens (including phenoxy) is 2. The molecular formula is C29H41N4O5S+. The van der Waals surface area contributed by atoms with Crippen LogP contribution in [-0.2, 0) is 19.6 Å². The molecule has 3 atom stereocenters. The first-order valence-corrected chi connectivity index (χ1v) is 15.8. The number of likely N-dealkylation sites (N-methyl/N-ethyl adjacent to an activating group) is 1. The Bertz CT molecular complexity index is 1280. The molecule has 1 aromatic carbocycles. The Morgan fingerprint density at radius 1 is 1.21 bits per heavy atom. The van der Waals surface area contributed by atoms with Gasteiger partial charge in [0.1, 0.15) is 18.1 Å². The van der Waals surface area contributed by atoms with Crippen molar-refractivity contribution in [3.63, 3.8) is 0 Å². The van der Waals surface area contributed by atoms with E-state index in [1.165, 1.54) is 62.2 Å². The summed E-state index contributed by atoms with van der Waals surface area (Å²) in [5, 5.41) is 0. The van der Waals surface area contributed by atoms with Crippen molar-refractivity contribution in [2.75, 3.05) is 46.9 Å². The molecule has 0 aromatic heterocycles. The maximum absolute atomic E-state index is 13.4. The molecule has 3 fully saturated rings. The number of amides is 1. The van der Waals surface area contributed by atoms with Gasteiger partial charge in [0.2, 0.25) is 0 Å². The molecule has 0 bridgehead atoms. The molecule has 6 rings (SSSR count). The number of piperazine rings is 1. The first-order valence-electron chi connectivity index (χ1n) is 14.3. The molecule has 1 N–H and O–H groups in total. The number of benzene rings is 1. The molecule has 10 heteroatoms. The van der Waals surface area contributed by atoms with Gasteiger partial charge in [-0.05, 0) is 68.4 Å². The second-order valence-corrected chi connectivity index (χ2v) is 13.5. The number of sulfonamides is 1. The van der Waals surface area contributed by atoms with E-state index in [0.717, 1.165) is 36.6 Å². The maximum atomic E-state index is 13.4. The predicted molar refractivity (Wildman–Crippen MR) is 147 cm³/mol. The van der Waals surface area contributed by atoms with E-state index in [1.807, 2.05) is 13.1 Å². The van der Waals surface area contributed by atoms with E-state index in [-0.39, 0.29) is 24.5 Å². The Balaban J connectivity index is 1.04. The highest BCUT2D eigenvalue weighted by molar-refractivity contribution is 7.89. The van der Waals surface area contributed by atoms with Crippen molar-refractivity contribution >= 4 is 15.9 Å². The molecule has 0 radical (unpaired) electrons. The Morgan fingerprint density at radius 3 is 2.69 bits per heavy atom. The number of carbonyl (C=O) groups is 1. The van der Waals surface area contributed by atoms with Crippen LogP contribution >= 0.6 is 0 Å². The third kappa shape index (κ3) is 5.18. The lowest BCUT2D eigenvalue weighted by Gasteiger charge is -2.38. The minimum absolute atomic E-state index is 0.120.